The minimum absolute atomic E-state index is 0.323. The monoisotopic (exact) mass is 352 g/mol. The Morgan fingerprint density at radius 3 is 2.76 bits per heavy atom. The van der Waals surface area contributed by atoms with Gasteiger partial charge in [-0.15, -0.1) is 0 Å². The first-order valence-electron chi connectivity index (χ1n) is 6.27. The lowest BCUT2D eigenvalue weighted by Crippen LogP contribution is -2.15. The largest absolute Gasteiger partial charge is 0.321 e. The summed E-state index contributed by atoms with van der Waals surface area (Å²) in [6, 6.07) is 7.28. The van der Waals surface area contributed by atoms with Gasteiger partial charge in [-0.25, -0.2) is 15.2 Å². The minimum atomic E-state index is -0.383. The van der Waals surface area contributed by atoms with Crippen molar-refractivity contribution in [3.05, 3.63) is 51.9 Å². The zero-order chi connectivity index (χ0) is 15.4. The second-order valence-corrected chi connectivity index (χ2v) is 5.16. The van der Waals surface area contributed by atoms with Crippen LogP contribution in [0.5, 0.6) is 0 Å². The van der Waals surface area contributed by atoms with Gasteiger partial charge >= 0.3 is 0 Å². The number of nitrogens with one attached hydrogen (secondary N) is 2. The molecule has 0 aliphatic rings. The van der Waals surface area contributed by atoms with E-state index in [1.807, 2.05) is 6.92 Å². The Balaban J connectivity index is 2.27. The van der Waals surface area contributed by atoms with E-state index in [2.05, 4.69) is 31.7 Å². The molecule has 110 valence electrons. The van der Waals surface area contributed by atoms with Gasteiger partial charge in [-0.05, 0) is 52.7 Å². The van der Waals surface area contributed by atoms with Crippen molar-refractivity contribution in [1.82, 2.24) is 4.98 Å². The predicted molar refractivity (Wildman–Crippen MR) is 83.5 cm³/mol. The number of aryl methyl sites for hydroxylation is 1. The molecule has 2 aromatic rings. The highest BCUT2D eigenvalue weighted by molar-refractivity contribution is 9.10. The average molecular weight is 353 g/mol. The number of nitrogens with zero attached hydrogens (tertiary/aromatic N) is 1. The van der Waals surface area contributed by atoms with Gasteiger partial charge in [0.2, 0.25) is 0 Å². The van der Waals surface area contributed by atoms with E-state index in [4.69, 9.17) is 5.84 Å². The fourth-order valence-electron chi connectivity index (χ4n) is 1.76. The zero-order valence-corrected chi connectivity index (χ0v) is 12.9. The maximum absolute atomic E-state index is 13.0. The summed E-state index contributed by atoms with van der Waals surface area (Å²) in [5.41, 5.74) is 4.08. The van der Waals surface area contributed by atoms with Crippen LogP contribution in [0.1, 0.15) is 23.0 Å². The SMILES string of the molecule is CCc1cc(C(=O)Nc2ccc(F)cc2Br)cc(NN)n1. The summed E-state index contributed by atoms with van der Waals surface area (Å²) >= 11 is 3.21. The summed E-state index contributed by atoms with van der Waals surface area (Å²) in [5.74, 6) is 5.05. The zero-order valence-electron chi connectivity index (χ0n) is 11.3. The third-order valence-corrected chi connectivity index (χ3v) is 3.49. The maximum Gasteiger partial charge on any atom is 0.255 e. The van der Waals surface area contributed by atoms with Gasteiger partial charge in [0.05, 0.1) is 5.69 Å². The molecule has 0 radical (unpaired) electrons. The van der Waals surface area contributed by atoms with E-state index < -0.39 is 0 Å². The van der Waals surface area contributed by atoms with Crippen LogP contribution < -0.4 is 16.6 Å². The molecule has 4 N–H and O–H groups in total. The normalized spacial score (nSPS) is 10.3. The Morgan fingerprint density at radius 2 is 2.14 bits per heavy atom. The molecule has 0 saturated heterocycles. The van der Waals surface area contributed by atoms with Crippen molar-refractivity contribution in [3.63, 3.8) is 0 Å². The lowest BCUT2D eigenvalue weighted by atomic mass is 10.1. The number of carbonyl (C=O) groups is 1. The van der Waals surface area contributed by atoms with Gasteiger partial charge in [-0.3, -0.25) is 4.79 Å². The molecular weight excluding hydrogens is 339 g/mol. The highest BCUT2D eigenvalue weighted by Gasteiger charge is 2.11. The first kappa shape index (κ1) is 15.4. The van der Waals surface area contributed by atoms with Crippen LogP contribution in [0.15, 0.2) is 34.8 Å². The molecule has 7 heteroatoms. The van der Waals surface area contributed by atoms with Gasteiger partial charge in [0.1, 0.15) is 11.6 Å². The van der Waals surface area contributed by atoms with Gasteiger partial charge < -0.3 is 10.7 Å². The molecule has 1 aromatic carbocycles. The van der Waals surface area contributed by atoms with Crippen LogP contribution in [0.2, 0.25) is 0 Å². The summed E-state index contributed by atoms with van der Waals surface area (Å²) in [5, 5.41) is 2.71. The topological polar surface area (TPSA) is 80.0 Å². The molecule has 1 heterocycles. The first-order valence-corrected chi connectivity index (χ1v) is 7.06. The summed E-state index contributed by atoms with van der Waals surface area (Å²) < 4.78 is 13.5. The van der Waals surface area contributed by atoms with Crippen LogP contribution in [0.4, 0.5) is 15.9 Å². The van der Waals surface area contributed by atoms with Crippen LogP contribution in [0.3, 0.4) is 0 Å². The molecule has 0 aliphatic carbocycles. The molecule has 1 aromatic heterocycles. The first-order chi connectivity index (χ1) is 10.0. The van der Waals surface area contributed by atoms with E-state index in [9.17, 15) is 9.18 Å². The Labute approximate surface area is 129 Å². The molecular formula is C14H14BrFN4O. The van der Waals surface area contributed by atoms with E-state index in [0.29, 0.717) is 28.0 Å². The van der Waals surface area contributed by atoms with E-state index >= 15 is 0 Å². The maximum atomic E-state index is 13.0. The number of hydrogen-bond donors (Lipinski definition) is 3. The Kier molecular flexibility index (Phi) is 4.87. The second-order valence-electron chi connectivity index (χ2n) is 4.31. The molecule has 0 aliphatic heterocycles. The van der Waals surface area contributed by atoms with Crippen LogP contribution in [0.25, 0.3) is 0 Å². The molecule has 1 amide bonds. The number of nitrogens with two attached hydrogens (primary N) is 1. The predicted octanol–water partition coefficient (Wildman–Crippen LogP) is 3.08. The number of hydrogen-bond acceptors (Lipinski definition) is 4. The summed E-state index contributed by atoms with van der Waals surface area (Å²) in [6.45, 7) is 1.93. The Bertz CT molecular complexity index is 656. The molecule has 0 fully saturated rings. The number of anilines is 2. The summed E-state index contributed by atoms with van der Waals surface area (Å²) in [6.07, 6.45) is 0.677. The molecule has 0 atom stereocenters. The Morgan fingerprint density at radius 1 is 1.38 bits per heavy atom. The average Bonchev–Trinajstić information content (AvgIpc) is 2.49. The number of aromatic nitrogens is 1. The molecule has 0 bridgehead atoms. The molecule has 2 rings (SSSR count). The van der Waals surface area contributed by atoms with Crippen LogP contribution >= 0.6 is 15.9 Å². The van der Waals surface area contributed by atoms with Gasteiger partial charge in [0.15, 0.2) is 0 Å². The number of benzene rings is 1. The molecule has 0 saturated carbocycles. The fourth-order valence-corrected chi connectivity index (χ4v) is 2.21. The highest BCUT2D eigenvalue weighted by atomic mass is 79.9. The van der Waals surface area contributed by atoms with Gasteiger partial charge in [-0.1, -0.05) is 6.92 Å². The van der Waals surface area contributed by atoms with Crippen molar-refractivity contribution in [3.8, 4) is 0 Å². The number of halogens is 2. The number of carbonyl (C=O) groups excluding carboxylic acids is 1. The van der Waals surface area contributed by atoms with Gasteiger partial charge in [0.25, 0.3) is 5.91 Å². The molecule has 0 unspecified atom stereocenters. The van der Waals surface area contributed by atoms with Gasteiger partial charge in [-0.2, -0.15) is 0 Å². The van der Waals surface area contributed by atoms with E-state index in [1.54, 1.807) is 12.1 Å². The van der Waals surface area contributed by atoms with Crippen molar-refractivity contribution >= 4 is 33.3 Å². The molecule has 21 heavy (non-hydrogen) atoms. The van der Waals surface area contributed by atoms with E-state index in [1.165, 1.54) is 18.2 Å². The van der Waals surface area contributed by atoms with Crippen molar-refractivity contribution in [1.29, 1.82) is 0 Å². The smallest absolute Gasteiger partial charge is 0.255 e. The number of rotatable bonds is 4. The van der Waals surface area contributed by atoms with E-state index in [-0.39, 0.29) is 11.7 Å². The van der Waals surface area contributed by atoms with Crippen molar-refractivity contribution in [2.45, 2.75) is 13.3 Å². The highest BCUT2D eigenvalue weighted by Crippen LogP contribution is 2.24. The second kappa shape index (κ2) is 6.64. The van der Waals surface area contributed by atoms with Crippen molar-refractivity contribution < 1.29 is 9.18 Å². The van der Waals surface area contributed by atoms with Crippen LogP contribution in [-0.4, -0.2) is 10.9 Å². The molecule has 0 spiro atoms. The Hall–Kier alpha value is -1.99. The lowest BCUT2D eigenvalue weighted by Gasteiger charge is -2.10. The fraction of sp³-hybridized carbons (Fsp3) is 0.143. The quantitative estimate of drug-likeness (QED) is 0.583. The lowest BCUT2D eigenvalue weighted by molar-refractivity contribution is 0.102. The third kappa shape index (κ3) is 3.77. The van der Waals surface area contributed by atoms with Gasteiger partial charge in [0, 0.05) is 15.7 Å². The number of amides is 1. The number of hydrazine groups is 1. The van der Waals surface area contributed by atoms with E-state index in [0.717, 1.165) is 5.69 Å². The summed E-state index contributed by atoms with van der Waals surface area (Å²) in [7, 11) is 0. The van der Waals surface area contributed by atoms with Crippen LogP contribution in [-0.2, 0) is 6.42 Å². The summed E-state index contributed by atoms with van der Waals surface area (Å²) in [4.78, 5) is 16.5. The number of nitrogen functional groups attached to an aromatic ring is 1. The van der Waals surface area contributed by atoms with Crippen LogP contribution in [0, 0.1) is 5.82 Å². The minimum Gasteiger partial charge on any atom is -0.321 e. The van der Waals surface area contributed by atoms with Crippen molar-refractivity contribution in [2.24, 2.45) is 5.84 Å². The standard InChI is InChI=1S/C14H14BrFN4O/c1-2-10-5-8(6-13(18-10)20-17)14(21)19-12-4-3-9(16)7-11(12)15/h3-7H,2,17H2,1H3,(H,18,20)(H,19,21). The van der Waals surface area contributed by atoms with Crippen molar-refractivity contribution in [2.75, 3.05) is 10.7 Å². The number of pyridine rings is 1. The third-order valence-electron chi connectivity index (χ3n) is 2.83. The molecule has 5 nitrogen and oxygen atoms in total.